The van der Waals surface area contributed by atoms with Gasteiger partial charge in [0, 0.05) is 20.5 Å². The summed E-state index contributed by atoms with van der Waals surface area (Å²) in [6.07, 6.45) is 11.1. The van der Waals surface area contributed by atoms with Gasteiger partial charge < -0.3 is 0 Å². The molecule has 1 aromatic heterocycles. The Bertz CT molecular complexity index is 1560. The van der Waals surface area contributed by atoms with Gasteiger partial charge in [-0.1, -0.05) is 134 Å². The van der Waals surface area contributed by atoms with E-state index in [9.17, 15) is 0 Å². The van der Waals surface area contributed by atoms with Gasteiger partial charge in [-0.25, -0.2) is 0 Å². The van der Waals surface area contributed by atoms with Crippen LogP contribution in [0.15, 0.2) is 133 Å². The van der Waals surface area contributed by atoms with E-state index in [1.54, 1.807) is 5.57 Å². The third kappa shape index (κ3) is 5.21. The number of thiophene rings is 1. The lowest BCUT2D eigenvalue weighted by Gasteiger charge is -2.24. The molecule has 1 heteroatoms. The van der Waals surface area contributed by atoms with E-state index < -0.39 is 0 Å². The van der Waals surface area contributed by atoms with Crippen LogP contribution in [0.1, 0.15) is 35.1 Å². The zero-order valence-corrected chi connectivity index (χ0v) is 22.5. The molecule has 1 aliphatic carbocycles. The zero-order chi connectivity index (χ0) is 25.7. The van der Waals surface area contributed by atoms with E-state index in [2.05, 4.69) is 128 Å². The topological polar surface area (TPSA) is 0 Å². The number of hydrogen-bond acceptors (Lipinski definition) is 1. The maximum absolute atomic E-state index is 3.92. The Hall–Kier alpha value is -3.94. The average Bonchev–Trinajstić information content (AvgIpc) is 3.38. The summed E-state index contributed by atoms with van der Waals surface area (Å²) in [7, 11) is 0. The van der Waals surface area contributed by atoms with E-state index >= 15 is 0 Å². The van der Waals surface area contributed by atoms with Crippen LogP contribution >= 0.6 is 11.3 Å². The van der Waals surface area contributed by atoms with Crippen LogP contribution in [-0.2, 0) is 12.8 Å². The van der Waals surface area contributed by atoms with Crippen molar-refractivity contribution in [1.29, 1.82) is 0 Å². The first-order valence-electron chi connectivity index (χ1n) is 13.5. The molecule has 5 aromatic rings. The molecule has 0 amide bonds. The van der Waals surface area contributed by atoms with Crippen LogP contribution in [0.2, 0.25) is 0 Å². The summed E-state index contributed by atoms with van der Waals surface area (Å²) in [5, 5.41) is 1.37. The predicted molar refractivity (Wildman–Crippen MR) is 166 cm³/mol. The molecule has 0 N–H and O–H groups in total. The van der Waals surface area contributed by atoms with Gasteiger partial charge in [-0.15, -0.1) is 11.3 Å². The van der Waals surface area contributed by atoms with Crippen LogP contribution in [-0.4, -0.2) is 0 Å². The second kappa shape index (κ2) is 11.2. The van der Waals surface area contributed by atoms with Crippen molar-refractivity contribution in [3.8, 4) is 10.4 Å². The maximum Gasteiger partial charge on any atom is 0.0430 e. The fourth-order valence-corrected chi connectivity index (χ4v) is 6.92. The van der Waals surface area contributed by atoms with E-state index in [4.69, 9.17) is 0 Å². The third-order valence-electron chi connectivity index (χ3n) is 7.68. The highest BCUT2D eigenvalue weighted by atomic mass is 32.1. The summed E-state index contributed by atoms with van der Waals surface area (Å²) in [4.78, 5) is 1.37. The first-order valence-corrected chi connectivity index (χ1v) is 14.3. The summed E-state index contributed by atoms with van der Waals surface area (Å²) >= 11 is 1.91. The van der Waals surface area contributed by atoms with Crippen LogP contribution in [0.4, 0.5) is 0 Å². The lowest BCUT2D eigenvalue weighted by molar-refractivity contribution is 0.580. The Morgan fingerprint density at radius 3 is 1.92 bits per heavy atom. The Morgan fingerprint density at radius 1 is 0.684 bits per heavy atom. The van der Waals surface area contributed by atoms with Gasteiger partial charge >= 0.3 is 0 Å². The van der Waals surface area contributed by atoms with E-state index in [-0.39, 0.29) is 0 Å². The number of benzene rings is 4. The van der Waals surface area contributed by atoms with Crippen molar-refractivity contribution in [2.45, 2.75) is 25.7 Å². The fraction of sp³-hybridized carbons (Fsp3) is 0.135. The Morgan fingerprint density at radius 2 is 1.32 bits per heavy atom. The normalized spacial score (nSPS) is 13.4. The van der Waals surface area contributed by atoms with Crippen molar-refractivity contribution < 1.29 is 0 Å². The van der Waals surface area contributed by atoms with Gasteiger partial charge in [0.25, 0.3) is 0 Å². The highest BCUT2D eigenvalue weighted by molar-refractivity contribution is 7.22. The number of fused-ring (bicyclic) bond motifs is 1. The summed E-state index contributed by atoms with van der Waals surface area (Å²) in [5.41, 5.74) is 9.70. The SMILES string of the molecule is C=Cc1ccc(-c2sc3ccccc3c2C2=CC=C(C(Cc3ccccc3)Cc3ccccc3)CC2)cc1. The summed E-state index contributed by atoms with van der Waals surface area (Å²) in [5.74, 6) is 0.503. The molecule has 0 saturated heterocycles. The van der Waals surface area contributed by atoms with Gasteiger partial charge in [0.2, 0.25) is 0 Å². The molecule has 6 rings (SSSR count). The van der Waals surface area contributed by atoms with Gasteiger partial charge in [0.1, 0.15) is 0 Å². The molecule has 0 spiro atoms. The fourth-order valence-electron chi connectivity index (χ4n) is 5.67. The molecule has 0 bridgehead atoms. The van der Waals surface area contributed by atoms with Crippen molar-refractivity contribution in [1.82, 2.24) is 0 Å². The van der Waals surface area contributed by atoms with Crippen molar-refractivity contribution in [2.24, 2.45) is 5.92 Å². The summed E-state index contributed by atoms with van der Waals surface area (Å²) in [6, 6.07) is 39.6. The molecule has 0 unspecified atom stereocenters. The van der Waals surface area contributed by atoms with Crippen LogP contribution < -0.4 is 0 Å². The highest BCUT2D eigenvalue weighted by Crippen LogP contribution is 2.45. The second-order valence-corrected chi connectivity index (χ2v) is 11.2. The minimum atomic E-state index is 0.503. The molecular formula is C37H32S. The molecule has 38 heavy (non-hydrogen) atoms. The quantitative estimate of drug-likeness (QED) is 0.195. The van der Waals surface area contributed by atoms with Gasteiger partial charge in [-0.3, -0.25) is 0 Å². The smallest absolute Gasteiger partial charge is 0.0430 e. The lowest BCUT2D eigenvalue weighted by Crippen LogP contribution is -2.13. The van der Waals surface area contributed by atoms with E-state index in [1.807, 2.05) is 17.4 Å². The molecular weight excluding hydrogens is 476 g/mol. The predicted octanol–water partition coefficient (Wildman–Crippen LogP) is 10.4. The Kier molecular flexibility index (Phi) is 7.20. The minimum absolute atomic E-state index is 0.503. The molecule has 0 fully saturated rings. The number of rotatable bonds is 8. The highest BCUT2D eigenvalue weighted by Gasteiger charge is 2.22. The molecule has 0 atom stereocenters. The van der Waals surface area contributed by atoms with E-state index in [0.29, 0.717) is 5.92 Å². The van der Waals surface area contributed by atoms with Crippen molar-refractivity contribution in [3.63, 3.8) is 0 Å². The van der Waals surface area contributed by atoms with Gasteiger partial charge in [-0.05, 0) is 65.5 Å². The standard InChI is InChI=1S/C37H32S/c1-2-27-17-19-32(20-18-27)37-36(34-15-9-10-16-35(34)38-37)31-23-21-30(22-24-31)33(25-28-11-5-3-6-12-28)26-29-13-7-4-8-14-29/h2-21,23,33H,1,22,24-26H2. The molecule has 0 radical (unpaired) electrons. The molecule has 0 aliphatic heterocycles. The van der Waals surface area contributed by atoms with Crippen LogP contribution in [0.3, 0.4) is 0 Å². The zero-order valence-electron chi connectivity index (χ0n) is 21.6. The monoisotopic (exact) mass is 508 g/mol. The molecule has 1 aliphatic rings. The average molecular weight is 509 g/mol. The molecule has 1 heterocycles. The molecule has 0 saturated carbocycles. The van der Waals surface area contributed by atoms with Crippen LogP contribution in [0.25, 0.3) is 32.2 Å². The van der Waals surface area contributed by atoms with Crippen molar-refractivity contribution >= 4 is 33.1 Å². The van der Waals surface area contributed by atoms with Gasteiger partial charge in [0.05, 0.1) is 0 Å². The molecule has 0 nitrogen and oxygen atoms in total. The summed E-state index contributed by atoms with van der Waals surface area (Å²) in [6.45, 7) is 3.92. The molecule has 186 valence electrons. The lowest BCUT2D eigenvalue weighted by atomic mass is 9.80. The van der Waals surface area contributed by atoms with Gasteiger partial charge in [-0.2, -0.15) is 0 Å². The first-order chi connectivity index (χ1) is 18.8. The maximum atomic E-state index is 3.92. The van der Waals surface area contributed by atoms with Crippen molar-refractivity contribution in [2.75, 3.05) is 0 Å². The first kappa shape index (κ1) is 24.4. The van der Waals surface area contributed by atoms with E-state index in [0.717, 1.165) is 31.2 Å². The Labute approximate surface area is 230 Å². The van der Waals surface area contributed by atoms with Crippen molar-refractivity contribution in [3.05, 3.63) is 156 Å². The largest absolute Gasteiger partial charge is 0.135 e. The minimum Gasteiger partial charge on any atom is -0.135 e. The second-order valence-electron chi connectivity index (χ2n) is 10.1. The number of allylic oxidation sites excluding steroid dienone is 4. The van der Waals surface area contributed by atoms with Crippen LogP contribution in [0.5, 0.6) is 0 Å². The Balaban J connectivity index is 1.37. The molecule has 4 aromatic carbocycles. The summed E-state index contributed by atoms with van der Waals surface area (Å²) < 4.78 is 1.35. The van der Waals surface area contributed by atoms with E-state index in [1.165, 1.54) is 42.8 Å². The number of hydrogen-bond donors (Lipinski definition) is 0. The van der Waals surface area contributed by atoms with Crippen LogP contribution in [0, 0.1) is 5.92 Å². The van der Waals surface area contributed by atoms with Gasteiger partial charge in [0.15, 0.2) is 0 Å². The third-order valence-corrected chi connectivity index (χ3v) is 8.90.